The van der Waals surface area contributed by atoms with Gasteiger partial charge < -0.3 is 4.74 Å². The molecule has 2 heterocycles. The maximum absolute atomic E-state index is 12.8. The van der Waals surface area contributed by atoms with Crippen LogP contribution in [0.3, 0.4) is 0 Å². The van der Waals surface area contributed by atoms with E-state index < -0.39 is 0 Å². The quantitative estimate of drug-likeness (QED) is 0.403. The lowest BCUT2D eigenvalue weighted by Crippen LogP contribution is -2.25. The molecule has 3 rings (SSSR count). The number of aromatic nitrogens is 2. The monoisotopic (exact) mass is 444 g/mol. The van der Waals surface area contributed by atoms with Crippen molar-refractivity contribution in [3.63, 3.8) is 0 Å². The fraction of sp³-hybridized carbons (Fsp3) is 0.250. The molecule has 0 aliphatic rings. The van der Waals surface area contributed by atoms with Crippen LogP contribution < -0.4 is 5.56 Å². The highest BCUT2D eigenvalue weighted by atomic mass is 79.9. The SMILES string of the molecule is COCCn1c(SCc2ccc(Br)s2)nc2cc(Cl)ccc2c1=O. The van der Waals surface area contributed by atoms with E-state index in [1.807, 2.05) is 6.07 Å². The fourth-order valence-electron chi connectivity index (χ4n) is 2.23. The van der Waals surface area contributed by atoms with Gasteiger partial charge in [0.15, 0.2) is 5.16 Å². The molecular weight excluding hydrogens is 432 g/mol. The number of nitrogens with zero attached hydrogens (tertiary/aromatic N) is 2. The molecule has 1 aromatic carbocycles. The highest BCUT2D eigenvalue weighted by Crippen LogP contribution is 2.29. The Labute approximate surface area is 160 Å². The highest BCUT2D eigenvalue weighted by Gasteiger charge is 2.12. The zero-order valence-electron chi connectivity index (χ0n) is 12.8. The van der Waals surface area contributed by atoms with E-state index in [0.29, 0.717) is 34.2 Å². The minimum absolute atomic E-state index is 0.0661. The Kier molecular flexibility index (Phi) is 5.99. The third-order valence-corrected chi connectivity index (χ3v) is 6.44. The minimum atomic E-state index is -0.0661. The molecule has 8 heteroatoms. The maximum Gasteiger partial charge on any atom is 0.262 e. The zero-order valence-corrected chi connectivity index (χ0v) is 16.8. The number of thiophene rings is 1. The Balaban J connectivity index is 2.00. The van der Waals surface area contributed by atoms with Crippen molar-refractivity contribution in [2.75, 3.05) is 13.7 Å². The number of rotatable bonds is 6. The van der Waals surface area contributed by atoms with Crippen molar-refractivity contribution < 1.29 is 4.74 Å². The summed E-state index contributed by atoms with van der Waals surface area (Å²) >= 11 is 12.7. The van der Waals surface area contributed by atoms with Gasteiger partial charge in [-0.1, -0.05) is 23.4 Å². The summed E-state index contributed by atoms with van der Waals surface area (Å²) in [6.07, 6.45) is 0. The van der Waals surface area contributed by atoms with Crippen LogP contribution in [0.5, 0.6) is 0 Å². The molecule has 0 aliphatic carbocycles. The van der Waals surface area contributed by atoms with Crippen LogP contribution in [0.15, 0.2) is 44.1 Å². The molecule has 2 aromatic heterocycles. The Morgan fingerprint density at radius 2 is 2.21 bits per heavy atom. The number of hydrogen-bond acceptors (Lipinski definition) is 5. The average Bonchev–Trinajstić information content (AvgIpc) is 2.97. The molecule has 0 amide bonds. The molecule has 0 spiro atoms. The van der Waals surface area contributed by atoms with Crippen molar-refractivity contribution in [3.8, 4) is 0 Å². The van der Waals surface area contributed by atoms with Crippen molar-refractivity contribution in [1.82, 2.24) is 9.55 Å². The van der Waals surface area contributed by atoms with Gasteiger partial charge in [0, 0.05) is 22.8 Å². The van der Waals surface area contributed by atoms with Crippen LogP contribution in [0, 0.1) is 0 Å². The van der Waals surface area contributed by atoms with Gasteiger partial charge >= 0.3 is 0 Å². The van der Waals surface area contributed by atoms with Gasteiger partial charge in [0.05, 0.1) is 27.8 Å². The summed E-state index contributed by atoms with van der Waals surface area (Å²) in [5.41, 5.74) is 0.555. The van der Waals surface area contributed by atoms with E-state index >= 15 is 0 Å². The van der Waals surface area contributed by atoms with E-state index in [0.717, 1.165) is 9.54 Å². The van der Waals surface area contributed by atoms with E-state index in [1.165, 1.54) is 4.88 Å². The zero-order chi connectivity index (χ0) is 17.1. The van der Waals surface area contributed by atoms with Gasteiger partial charge in [-0.3, -0.25) is 9.36 Å². The first-order valence-corrected chi connectivity index (χ1v) is 10.1. The smallest absolute Gasteiger partial charge is 0.262 e. The molecule has 3 aromatic rings. The van der Waals surface area contributed by atoms with Gasteiger partial charge in [-0.2, -0.15) is 0 Å². The first kappa shape index (κ1) is 17.9. The molecule has 24 heavy (non-hydrogen) atoms. The summed E-state index contributed by atoms with van der Waals surface area (Å²) < 4.78 is 7.90. The van der Waals surface area contributed by atoms with E-state index in [-0.39, 0.29) is 5.56 Å². The standard InChI is InChI=1S/C16H14BrClN2O2S2/c1-22-7-6-20-15(21)12-4-2-10(18)8-13(12)19-16(20)23-9-11-3-5-14(17)24-11/h2-5,8H,6-7,9H2,1H3. The Hall–Kier alpha value is -0.860. The molecule has 126 valence electrons. The molecule has 0 unspecified atom stereocenters. The topological polar surface area (TPSA) is 44.1 Å². The van der Waals surface area contributed by atoms with Crippen molar-refractivity contribution in [3.05, 3.63) is 54.4 Å². The number of benzene rings is 1. The predicted octanol–water partition coefficient (Wildman–Crippen LogP) is 4.81. The molecule has 0 aliphatic heterocycles. The van der Waals surface area contributed by atoms with Crippen molar-refractivity contribution >= 4 is 61.5 Å². The van der Waals surface area contributed by atoms with Gasteiger partial charge in [-0.05, 0) is 46.3 Å². The first-order chi connectivity index (χ1) is 11.6. The Bertz CT molecular complexity index is 926. The number of fused-ring (bicyclic) bond motifs is 1. The second kappa shape index (κ2) is 8.01. The van der Waals surface area contributed by atoms with Crippen LogP contribution in [0.25, 0.3) is 10.9 Å². The van der Waals surface area contributed by atoms with Gasteiger partial charge in [0.2, 0.25) is 0 Å². The summed E-state index contributed by atoms with van der Waals surface area (Å²) in [6.45, 7) is 0.927. The molecule has 0 bridgehead atoms. The van der Waals surface area contributed by atoms with Gasteiger partial charge in [0.25, 0.3) is 5.56 Å². The summed E-state index contributed by atoms with van der Waals surface area (Å²) in [5, 5.41) is 1.82. The van der Waals surface area contributed by atoms with Gasteiger partial charge in [-0.15, -0.1) is 11.3 Å². The normalized spacial score (nSPS) is 11.3. The summed E-state index contributed by atoms with van der Waals surface area (Å²) in [5.74, 6) is 0.752. The summed E-state index contributed by atoms with van der Waals surface area (Å²) in [7, 11) is 1.62. The lowest BCUT2D eigenvalue weighted by molar-refractivity contribution is 0.183. The second-order valence-corrected chi connectivity index (χ2v) is 8.93. The van der Waals surface area contributed by atoms with Crippen molar-refractivity contribution in [1.29, 1.82) is 0 Å². The molecular formula is C16H14BrClN2O2S2. The minimum Gasteiger partial charge on any atom is -0.383 e. The van der Waals surface area contributed by atoms with Gasteiger partial charge in [0.1, 0.15) is 0 Å². The second-order valence-electron chi connectivity index (χ2n) is 5.00. The molecule has 0 fully saturated rings. The first-order valence-electron chi connectivity index (χ1n) is 7.14. The summed E-state index contributed by atoms with van der Waals surface area (Å²) in [4.78, 5) is 18.7. The number of ether oxygens (including phenoxy) is 1. The molecule has 0 saturated carbocycles. The molecule has 0 radical (unpaired) electrons. The van der Waals surface area contributed by atoms with Crippen molar-refractivity contribution in [2.45, 2.75) is 17.5 Å². The summed E-state index contributed by atoms with van der Waals surface area (Å²) in [6, 6.07) is 9.25. The van der Waals surface area contributed by atoms with Crippen LogP contribution in [0.4, 0.5) is 0 Å². The van der Waals surface area contributed by atoms with Crippen LogP contribution in [0.2, 0.25) is 5.02 Å². The van der Waals surface area contributed by atoms with Crippen molar-refractivity contribution in [2.24, 2.45) is 0 Å². The van der Waals surface area contributed by atoms with Crippen LogP contribution in [-0.2, 0) is 17.0 Å². The number of methoxy groups -OCH3 is 1. The van der Waals surface area contributed by atoms with Crippen LogP contribution in [0.1, 0.15) is 4.88 Å². The number of halogens is 2. The molecule has 0 N–H and O–H groups in total. The Morgan fingerprint density at radius 1 is 1.38 bits per heavy atom. The lowest BCUT2D eigenvalue weighted by Gasteiger charge is -2.12. The average molecular weight is 446 g/mol. The Morgan fingerprint density at radius 3 is 2.92 bits per heavy atom. The fourth-order valence-corrected chi connectivity index (χ4v) is 4.95. The predicted molar refractivity (Wildman–Crippen MR) is 104 cm³/mol. The van der Waals surface area contributed by atoms with Crippen LogP contribution in [-0.4, -0.2) is 23.3 Å². The molecule has 0 saturated heterocycles. The van der Waals surface area contributed by atoms with E-state index in [9.17, 15) is 4.79 Å². The van der Waals surface area contributed by atoms with Crippen LogP contribution >= 0.6 is 50.6 Å². The third-order valence-electron chi connectivity index (χ3n) is 3.37. The number of thioether (sulfide) groups is 1. The van der Waals surface area contributed by atoms with E-state index in [1.54, 1.807) is 53.0 Å². The van der Waals surface area contributed by atoms with E-state index in [2.05, 4.69) is 27.0 Å². The number of hydrogen-bond donors (Lipinski definition) is 0. The van der Waals surface area contributed by atoms with E-state index in [4.69, 9.17) is 16.3 Å². The third kappa shape index (κ3) is 4.03. The molecule has 4 nitrogen and oxygen atoms in total. The highest BCUT2D eigenvalue weighted by molar-refractivity contribution is 9.11. The molecule has 0 atom stereocenters. The lowest BCUT2D eigenvalue weighted by atomic mass is 10.2. The maximum atomic E-state index is 12.8. The largest absolute Gasteiger partial charge is 0.383 e. The van der Waals surface area contributed by atoms with Gasteiger partial charge in [-0.25, -0.2) is 4.98 Å².